The standard InChI is InChI=1S/C13H22N2O4/c1-3-15(2)11(16)8-14-12(17)9-6-4-5-7-10(9)13(18)19/h9-10H,3-8H2,1-2H3,(H,14,17)(H,18,19)/t9-,10+/m1/s1. The molecule has 2 atom stereocenters. The van der Waals surface area contributed by atoms with Gasteiger partial charge in [0.05, 0.1) is 18.4 Å². The Balaban J connectivity index is 2.51. The van der Waals surface area contributed by atoms with Crippen LogP contribution in [0.15, 0.2) is 0 Å². The van der Waals surface area contributed by atoms with E-state index in [1.54, 1.807) is 7.05 Å². The van der Waals surface area contributed by atoms with Crippen LogP contribution in [0.4, 0.5) is 0 Å². The average Bonchev–Trinajstić information content (AvgIpc) is 2.43. The van der Waals surface area contributed by atoms with E-state index in [0.29, 0.717) is 19.4 Å². The summed E-state index contributed by atoms with van der Waals surface area (Å²) in [6.45, 7) is 2.36. The molecule has 0 heterocycles. The molecule has 1 aliphatic carbocycles. The van der Waals surface area contributed by atoms with E-state index in [9.17, 15) is 14.4 Å². The van der Waals surface area contributed by atoms with Crippen molar-refractivity contribution in [2.45, 2.75) is 32.6 Å². The lowest BCUT2D eigenvalue weighted by Crippen LogP contribution is -2.44. The minimum atomic E-state index is -0.920. The van der Waals surface area contributed by atoms with Gasteiger partial charge in [-0.15, -0.1) is 0 Å². The Kier molecular flexibility index (Phi) is 5.79. The van der Waals surface area contributed by atoms with Crippen molar-refractivity contribution in [1.82, 2.24) is 10.2 Å². The number of carboxylic acids is 1. The number of likely N-dealkylation sites (N-methyl/N-ethyl adjacent to an activating group) is 1. The van der Waals surface area contributed by atoms with Crippen LogP contribution < -0.4 is 5.32 Å². The zero-order valence-corrected chi connectivity index (χ0v) is 11.5. The maximum Gasteiger partial charge on any atom is 0.307 e. The van der Waals surface area contributed by atoms with Crippen LogP contribution in [0, 0.1) is 11.8 Å². The van der Waals surface area contributed by atoms with Crippen LogP contribution >= 0.6 is 0 Å². The van der Waals surface area contributed by atoms with Gasteiger partial charge in [0, 0.05) is 13.6 Å². The molecule has 6 nitrogen and oxygen atoms in total. The maximum atomic E-state index is 12.0. The molecular formula is C13H22N2O4. The minimum absolute atomic E-state index is 0.0635. The highest BCUT2D eigenvalue weighted by Crippen LogP contribution is 2.30. The molecule has 6 heteroatoms. The van der Waals surface area contributed by atoms with Crippen molar-refractivity contribution >= 4 is 17.8 Å². The summed E-state index contributed by atoms with van der Waals surface area (Å²) < 4.78 is 0. The van der Waals surface area contributed by atoms with Gasteiger partial charge >= 0.3 is 5.97 Å². The third-order valence-corrected chi connectivity index (χ3v) is 3.73. The monoisotopic (exact) mass is 270 g/mol. The summed E-state index contributed by atoms with van der Waals surface area (Å²) in [4.78, 5) is 36.2. The number of carboxylic acid groups (broad SMARTS) is 1. The van der Waals surface area contributed by atoms with Gasteiger partial charge in [-0.25, -0.2) is 0 Å². The van der Waals surface area contributed by atoms with Crippen LogP contribution in [0.5, 0.6) is 0 Å². The Hall–Kier alpha value is -1.59. The van der Waals surface area contributed by atoms with Crippen molar-refractivity contribution < 1.29 is 19.5 Å². The number of nitrogens with zero attached hydrogens (tertiary/aromatic N) is 1. The Morgan fingerprint density at radius 3 is 2.32 bits per heavy atom. The molecule has 1 rings (SSSR count). The van der Waals surface area contributed by atoms with Crippen molar-refractivity contribution in [1.29, 1.82) is 0 Å². The Labute approximate surface area is 113 Å². The Bertz CT molecular complexity index is 357. The van der Waals surface area contributed by atoms with E-state index in [1.165, 1.54) is 4.90 Å². The maximum absolute atomic E-state index is 12.0. The molecule has 0 radical (unpaired) electrons. The van der Waals surface area contributed by atoms with Gasteiger partial charge < -0.3 is 15.3 Å². The second kappa shape index (κ2) is 7.11. The fourth-order valence-corrected chi connectivity index (χ4v) is 2.35. The lowest BCUT2D eigenvalue weighted by atomic mass is 9.79. The first kappa shape index (κ1) is 15.5. The predicted molar refractivity (Wildman–Crippen MR) is 69.4 cm³/mol. The van der Waals surface area contributed by atoms with E-state index in [1.807, 2.05) is 6.92 Å². The summed E-state index contributed by atoms with van der Waals surface area (Å²) in [6, 6.07) is 0. The molecule has 0 aromatic heterocycles. The third-order valence-electron chi connectivity index (χ3n) is 3.73. The molecule has 0 aromatic rings. The average molecular weight is 270 g/mol. The number of aliphatic carboxylic acids is 1. The summed E-state index contributed by atoms with van der Waals surface area (Å²) in [5.41, 5.74) is 0. The van der Waals surface area contributed by atoms with E-state index in [-0.39, 0.29) is 18.4 Å². The van der Waals surface area contributed by atoms with Gasteiger partial charge in [0.1, 0.15) is 0 Å². The van der Waals surface area contributed by atoms with Crippen molar-refractivity contribution in [2.75, 3.05) is 20.1 Å². The number of carbonyl (C=O) groups excluding carboxylic acids is 2. The topological polar surface area (TPSA) is 86.7 Å². The van der Waals surface area contributed by atoms with Crippen LogP contribution in [0.2, 0.25) is 0 Å². The number of hydrogen-bond acceptors (Lipinski definition) is 3. The predicted octanol–water partition coefficient (Wildman–Crippen LogP) is 0.472. The van der Waals surface area contributed by atoms with Gasteiger partial charge in [0.2, 0.25) is 11.8 Å². The Morgan fingerprint density at radius 1 is 1.21 bits per heavy atom. The molecule has 2 N–H and O–H groups in total. The molecule has 0 spiro atoms. The van der Waals surface area contributed by atoms with Crippen LogP contribution in [-0.4, -0.2) is 47.9 Å². The quantitative estimate of drug-likeness (QED) is 0.760. The molecule has 19 heavy (non-hydrogen) atoms. The fourth-order valence-electron chi connectivity index (χ4n) is 2.35. The summed E-state index contributed by atoms with van der Waals surface area (Å²) in [5.74, 6) is -2.53. The van der Waals surface area contributed by atoms with Gasteiger partial charge in [-0.05, 0) is 19.8 Å². The molecule has 0 aromatic carbocycles. The summed E-state index contributed by atoms with van der Waals surface area (Å²) >= 11 is 0. The lowest BCUT2D eigenvalue weighted by molar-refractivity contribution is -0.149. The van der Waals surface area contributed by atoms with Crippen molar-refractivity contribution in [3.63, 3.8) is 0 Å². The summed E-state index contributed by atoms with van der Waals surface area (Å²) in [7, 11) is 1.66. The fraction of sp³-hybridized carbons (Fsp3) is 0.769. The second-order valence-corrected chi connectivity index (χ2v) is 4.96. The minimum Gasteiger partial charge on any atom is -0.481 e. The number of carbonyl (C=O) groups is 3. The first-order valence-electron chi connectivity index (χ1n) is 6.71. The SMILES string of the molecule is CCN(C)C(=O)CNC(=O)[C@@H]1CCCC[C@@H]1C(=O)O. The molecule has 0 bridgehead atoms. The van der Waals surface area contributed by atoms with Crippen LogP contribution in [0.3, 0.4) is 0 Å². The van der Waals surface area contributed by atoms with Gasteiger partial charge in [0.25, 0.3) is 0 Å². The molecule has 108 valence electrons. The molecule has 0 aliphatic heterocycles. The van der Waals surface area contributed by atoms with Gasteiger partial charge in [-0.2, -0.15) is 0 Å². The molecule has 0 saturated heterocycles. The normalized spacial score (nSPS) is 22.6. The summed E-state index contributed by atoms with van der Waals surface area (Å²) in [5, 5.41) is 11.7. The number of rotatable bonds is 5. The van der Waals surface area contributed by atoms with E-state index in [2.05, 4.69) is 5.32 Å². The van der Waals surface area contributed by atoms with Crippen molar-refractivity contribution in [2.24, 2.45) is 11.8 Å². The third kappa shape index (κ3) is 4.22. The van der Waals surface area contributed by atoms with Gasteiger partial charge in [-0.1, -0.05) is 12.8 Å². The van der Waals surface area contributed by atoms with E-state index in [4.69, 9.17) is 5.11 Å². The largest absolute Gasteiger partial charge is 0.481 e. The highest BCUT2D eigenvalue weighted by Gasteiger charge is 2.35. The first-order chi connectivity index (χ1) is 8.97. The zero-order valence-electron chi connectivity index (χ0n) is 11.5. The van der Waals surface area contributed by atoms with Crippen molar-refractivity contribution in [3.05, 3.63) is 0 Å². The molecule has 2 amide bonds. The first-order valence-corrected chi connectivity index (χ1v) is 6.71. The van der Waals surface area contributed by atoms with E-state index in [0.717, 1.165) is 12.8 Å². The Morgan fingerprint density at radius 2 is 1.79 bits per heavy atom. The van der Waals surface area contributed by atoms with Crippen molar-refractivity contribution in [3.8, 4) is 0 Å². The lowest BCUT2D eigenvalue weighted by Gasteiger charge is -2.27. The molecule has 0 unspecified atom stereocenters. The molecular weight excluding hydrogens is 248 g/mol. The van der Waals surface area contributed by atoms with Crippen LogP contribution in [0.25, 0.3) is 0 Å². The van der Waals surface area contributed by atoms with E-state index < -0.39 is 17.8 Å². The van der Waals surface area contributed by atoms with Gasteiger partial charge in [-0.3, -0.25) is 14.4 Å². The van der Waals surface area contributed by atoms with E-state index >= 15 is 0 Å². The highest BCUT2D eigenvalue weighted by molar-refractivity contribution is 5.88. The van der Waals surface area contributed by atoms with Crippen LogP contribution in [-0.2, 0) is 14.4 Å². The molecule has 1 fully saturated rings. The van der Waals surface area contributed by atoms with Gasteiger partial charge in [0.15, 0.2) is 0 Å². The zero-order chi connectivity index (χ0) is 14.4. The second-order valence-electron chi connectivity index (χ2n) is 4.96. The highest BCUT2D eigenvalue weighted by atomic mass is 16.4. The molecule has 1 aliphatic rings. The number of nitrogens with one attached hydrogen (secondary N) is 1. The number of amides is 2. The summed E-state index contributed by atoms with van der Waals surface area (Å²) in [6.07, 6.45) is 2.83. The molecule has 1 saturated carbocycles. The smallest absolute Gasteiger partial charge is 0.307 e. The van der Waals surface area contributed by atoms with Crippen LogP contribution in [0.1, 0.15) is 32.6 Å². The number of hydrogen-bond donors (Lipinski definition) is 2.